The van der Waals surface area contributed by atoms with Crippen LogP contribution in [0, 0.1) is 0 Å². The summed E-state index contributed by atoms with van der Waals surface area (Å²) in [4.78, 5) is 2.48. The van der Waals surface area contributed by atoms with Gasteiger partial charge in [0.1, 0.15) is 0 Å². The first kappa shape index (κ1) is 20.9. The second-order valence-corrected chi connectivity index (χ2v) is 10.8. The molecule has 140 valence electrons. The summed E-state index contributed by atoms with van der Waals surface area (Å²) in [5.41, 5.74) is 4.15. The Morgan fingerprint density at radius 3 is 2.59 bits per heavy atom. The van der Waals surface area contributed by atoms with Crippen molar-refractivity contribution in [1.82, 2.24) is 0 Å². The number of para-hydroxylation sites is 2. The molecule has 0 bridgehead atoms. The van der Waals surface area contributed by atoms with Crippen molar-refractivity contribution in [2.45, 2.75) is 27.3 Å². The summed E-state index contributed by atoms with van der Waals surface area (Å²) < 4.78 is 8.43. The number of hydrogen-bond acceptors (Lipinski definition) is 1. The van der Waals surface area contributed by atoms with Crippen molar-refractivity contribution in [2.75, 3.05) is 11.4 Å². The van der Waals surface area contributed by atoms with Crippen LogP contribution >= 0.6 is 0 Å². The number of rotatable bonds is 4. The molecule has 0 spiro atoms. The zero-order valence-electron chi connectivity index (χ0n) is 15.8. The Morgan fingerprint density at radius 1 is 1.07 bits per heavy atom. The summed E-state index contributed by atoms with van der Waals surface area (Å²) >= 11 is 0.807. The van der Waals surface area contributed by atoms with E-state index in [1.165, 1.54) is 34.7 Å². The van der Waals surface area contributed by atoms with Crippen molar-refractivity contribution >= 4 is 55.5 Å². The third kappa shape index (κ3) is 4.13. The second-order valence-electron chi connectivity index (χ2n) is 6.34. The molecule has 2 aromatic carbocycles. The van der Waals surface area contributed by atoms with E-state index in [2.05, 4.69) is 90.9 Å². The molecule has 4 rings (SSSR count). The van der Waals surface area contributed by atoms with E-state index in [9.17, 15) is 0 Å². The Bertz CT molecular complexity index is 1020. The second kappa shape index (κ2) is 9.11. The summed E-state index contributed by atoms with van der Waals surface area (Å²) in [5, 5.41) is 0. The van der Waals surface area contributed by atoms with E-state index in [1.54, 1.807) is 0 Å². The maximum Gasteiger partial charge on any atom is -1.00 e. The third-order valence-electron chi connectivity index (χ3n) is 4.61. The molecular formula is C22H23IN2Se2. The van der Waals surface area contributed by atoms with Crippen LogP contribution in [0.1, 0.15) is 25.3 Å². The minimum absolute atomic E-state index is 0. The Balaban J connectivity index is 0.00000210. The molecule has 0 atom stereocenters. The number of halogens is 1. The zero-order valence-corrected chi connectivity index (χ0v) is 21.4. The van der Waals surface area contributed by atoms with Crippen molar-refractivity contribution in [3.05, 3.63) is 69.3 Å². The maximum atomic E-state index is 2.48. The summed E-state index contributed by atoms with van der Waals surface area (Å²) in [5.74, 6) is 0. The molecule has 0 N–H and O–H groups in total. The largest absolute Gasteiger partial charge is 1.00 e. The smallest absolute Gasteiger partial charge is 1.00 e. The van der Waals surface area contributed by atoms with Gasteiger partial charge in [0.15, 0.2) is 0 Å². The van der Waals surface area contributed by atoms with Gasteiger partial charge in [-0.2, -0.15) is 0 Å². The van der Waals surface area contributed by atoms with E-state index in [1.807, 2.05) is 0 Å². The van der Waals surface area contributed by atoms with Crippen LogP contribution in [0.5, 0.6) is 0 Å². The first-order chi connectivity index (χ1) is 12.7. The van der Waals surface area contributed by atoms with Crippen LogP contribution in [0.3, 0.4) is 0 Å². The normalized spacial score (nSPS) is 15.3. The molecule has 2 heterocycles. The molecule has 5 heteroatoms. The number of aromatic nitrogens is 1. The minimum Gasteiger partial charge on any atom is -1.00 e. The van der Waals surface area contributed by atoms with E-state index < -0.39 is 0 Å². The van der Waals surface area contributed by atoms with Gasteiger partial charge in [0, 0.05) is 0 Å². The molecule has 1 aliphatic rings. The molecule has 0 fully saturated rings. The molecule has 0 aliphatic carbocycles. The summed E-state index contributed by atoms with van der Waals surface area (Å²) in [7, 11) is 0. The fourth-order valence-electron chi connectivity index (χ4n) is 3.40. The standard InChI is InChI=1S/C22H23N2Se2.HI/c1-4-23-17-10-6-8-12-19(17)25-21(23)14-16(3)15-22-24(5-2)18-11-7-9-13-20(18)26-22;/h6-15H,4-5H2,1-3H3;1H/q+1;/p-1. The van der Waals surface area contributed by atoms with Crippen molar-refractivity contribution in [2.24, 2.45) is 0 Å². The number of anilines is 1. The van der Waals surface area contributed by atoms with Crippen LogP contribution in [-0.4, -0.2) is 36.0 Å². The van der Waals surface area contributed by atoms with Gasteiger partial charge in [-0.25, -0.2) is 0 Å². The fourth-order valence-corrected chi connectivity index (χ4v) is 8.60. The number of benzene rings is 2. The Morgan fingerprint density at radius 2 is 1.81 bits per heavy atom. The van der Waals surface area contributed by atoms with Crippen LogP contribution in [0.25, 0.3) is 15.9 Å². The molecule has 27 heavy (non-hydrogen) atoms. The number of allylic oxidation sites excluding steroid dienone is 2. The van der Waals surface area contributed by atoms with Crippen LogP contribution < -0.4 is 37.9 Å². The van der Waals surface area contributed by atoms with E-state index in [-0.39, 0.29) is 24.0 Å². The van der Waals surface area contributed by atoms with Gasteiger partial charge in [0.05, 0.1) is 0 Å². The van der Waals surface area contributed by atoms with Gasteiger partial charge in [0.2, 0.25) is 0 Å². The fraction of sp³-hybridized carbons (Fsp3) is 0.227. The quantitative estimate of drug-likeness (QED) is 0.238. The summed E-state index contributed by atoms with van der Waals surface area (Å²) in [6, 6.07) is 17.7. The summed E-state index contributed by atoms with van der Waals surface area (Å²) in [6.07, 6.45) is 4.81. The Kier molecular flexibility index (Phi) is 7.04. The van der Waals surface area contributed by atoms with E-state index in [0.29, 0.717) is 29.5 Å². The molecular weight excluding hydrogens is 577 g/mol. The van der Waals surface area contributed by atoms with Gasteiger partial charge in [-0.05, 0) is 0 Å². The first-order valence-corrected chi connectivity index (χ1v) is 12.5. The van der Waals surface area contributed by atoms with Gasteiger partial charge in [0.25, 0.3) is 0 Å². The van der Waals surface area contributed by atoms with Crippen molar-refractivity contribution < 1.29 is 28.5 Å². The molecule has 0 amide bonds. The predicted molar refractivity (Wildman–Crippen MR) is 113 cm³/mol. The SMILES string of the molecule is CCN1/C(=C/C(C)=C/c2[se]c3ccccc3[n+]2CC)[Se]c2ccccc21.[I-]. The Hall–Kier alpha value is -0.841. The number of aryl methyl sites for hydroxylation is 1. The summed E-state index contributed by atoms with van der Waals surface area (Å²) in [6.45, 7) is 8.81. The van der Waals surface area contributed by atoms with Crippen molar-refractivity contribution in [3.63, 3.8) is 0 Å². The number of fused-ring (bicyclic) bond motifs is 2. The molecule has 3 aromatic rings. The van der Waals surface area contributed by atoms with Gasteiger partial charge in [-0.15, -0.1) is 0 Å². The minimum atomic E-state index is 0. The molecule has 0 radical (unpaired) electrons. The zero-order chi connectivity index (χ0) is 18.1. The number of nitrogens with zero attached hydrogens (tertiary/aromatic N) is 2. The van der Waals surface area contributed by atoms with Crippen LogP contribution in [0.2, 0.25) is 0 Å². The molecule has 0 unspecified atom stereocenters. The molecule has 1 aliphatic heterocycles. The van der Waals surface area contributed by atoms with Gasteiger partial charge in [-0.3, -0.25) is 0 Å². The average molecular weight is 600 g/mol. The number of hydrogen-bond donors (Lipinski definition) is 0. The molecule has 2 nitrogen and oxygen atoms in total. The van der Waals surface area contributed by atoms with Crippen molar-refractivity contribution in [3.8, 4) is 0 Å². The van der Waals surface area contributed by atoms with E-state index in [0.717, 1.165) is 13.1 Å². The molecule has 0 saturated carbocycles. The van der Waals surface area contributed by atoms with E-state index >= 15 is 0 Å². The third-order valence-corrected chi connectivity index (χ3v) is 9.28. The van der Waals surface area contributed by atoms with E-state index in [4.69, 9.17) is 0 Å². The van der Waals surface area contributed by atoms with Crippen LogP contribution in [-0.2, 0) is 6.54 Å². The van der Waals surface area contributed by atoms with Gasteiger partial charge < -0.3 is 24.0 Å². The van der Waals surface area contributed by atoms with Crippen LogP contribution in [0.15, 0.2) is 64.8 Å². The van der Waals surface area contributed by atoms with Gasteiger partial charge >= 0.3 is 168 Å². The van der Waals surface area contributed by atoms with Crippen molar-refractivity contribution in [1.29, 1.82) is 0 Å². The molecule has 0 saturated heterocycles. The topological polar surface area (TPSA) is 7.12 Å². The van der Waals surface area contributed by atoms with Crippen LogP contribution in [0.4, 0.5) is 5.69 Å². The molecule has 1 aromatic heterocycles. The first-order valence-electron chi connectivity index (χ1n) is 9.07. The maximum absolute atomic E-state index is 2.48. The van der Waals surface area contributed by atoms with Gasteiger partial charge in [-0.1, -0.05) is 0 Å². The monoisotopic (exact) mass is 602 g/mol. The average Bonchev–Trinajstić information content (AvgIpc) is 3.17. The Labute approximate surface area is 190 Å². The predicted octanol–water partition coefficient (Wildman–Crippen LogP) is 0.323.